The van der Waals surface area contributed by atoms with Gasteiger partial charge in [-0.2, -0.15) is 0 Å². The molecule has 0 aliphatic heterocycles. The van der Waals surface area contributed by atoms with E-state index in [1.165, 1.54) is 32.1 Å². The van der Waals surface area contributed by atoms with Gasteiger partial charge in [0.1, 0.15) is 5.82 Å². The van der Waals surface area contributed by atoms with Crippen LogP contribution >= 0.6 is 0 Å². The molecule has 1 aromatic heterocycles. The molecular formula is C32H38N4O2. The van der Waals surface area contributed by atoms with Crippen LogP contribution in [0.25, 0.3) is 22.4 Å². The number of H-pyrrole nitrogens is 1. The van der Waals surface area contributed by atoms with Crippen LogP contribution in [0.3, 0.4) is 0 Å². The zero-order chi connectivity index (χ0) is 25.9. The molecule has 0 spiro atoms. The Hall–Kier alpha value is -3.15. The molecule has 0 atom stereocenters. The molecule has 5 aliphatic carbocycles. The third-order valence-electron chi connectivity index (χ3n) is 9.93. The van der Waals surface area contributed by atoms with Crippen LogP contribution in [0.15, 0.2) is 42.5 Å². The summed E-state index contributed by atoms with van der Waals surface area (Å²) in [6.07, 6.45) is 12.0. The summed E-state index contributed by atoms with van der Waals surface area (Å²) in [4.78, 5) is 34.2. The van der Waals surface area contributed by atoms with Crippen molar-refractivity contribution in [3.63, 3.8) is 0 Å². The minimum atomic E-state index is -0.0228. The van der Waals surface area contributed by atoms with Crippen LogP contribution < -0.4 is 10.6 Å². The van der Waals surface area contributed by atoms with Gasteiger partial charge in [0.25, 0.3) is 11.8 Å². The maximum absolute atomic E-state index is 13.2. The summed E-state index contributed by atoms with van der Waals surface area (Å²) in [5.74, 6) is 3.94. The van der Waals surface area contributed by atoms with Crippen LogP contribution in [0.2, 0.25) is 0 Å². The van der Waals surface area contributed by atoms with Crippen LogP contribution in [-0.4, -0.2) is 33.4 Å². The molecule has 5 saturated carbocycles. The van der Waals surface area contributed by atoms with E-state index in [9.17, 15) is 9.59 Å². The molecule has 2 aromatic carbocycles. The fourth-order valence-corrected chi connectivity index (χ4v) is 8.31. The second-order valence-electron chi connectivity index (χ2n) is 13.0. The molecule has 5 aliphatic rings. The maximum Gasteiger partial charge on any atom is 0.251 e. The first-order valence-corrected chi connectivity index (χ1v) is 14.6. The van der Waals surface area contributed by atoms with Crippen molar-refractivity contribution >= 4 is 22.8 Å². The molecule has 0 radical (unpaired) electrons. The Morgan fingerprint density at radius 1 is 0.842 bits per heavy atom. The van der Waals surface area contributed by atoms with Crippen LogP contribution in [0, 0.1) is 23.7 Å². The lowest BCUT2D eigenvalue weighted by atomic mass is 9.53. The summed E-state index contributed by atoms with van der Waals surface area (Å²) in [7, 11) is 0. The zero-order valence-electron chi connectivity index (χ0n) is 22.3. The highest BCUT2D eigenvalue weighted by molar-refractivity contribution is 5.98. The molecular weight excluding hydrogens is 472 g/mol. The fraction of sp³-hybridized carbons (Fsp3) is 0.531. The standard InChI is InChI=1S/C32H38N4O2/c1-19-2-9-26(10-3-19)33-30(37)25-8-11-27-28(15-25)35-29(34-27)23-4-6-24(7-5-23)31(38)36-32-16-20-12-21(17-32)14-22(13-20)18-32/h4-8,11,15,19-22,26H,2-3,9-10,12-14,16-18H2,1H3,(H,33,37)(H,34,35)(H,36,38). The third kappa shape index (κ3) is 4.52. The molecule has 6 nitrogen and oxygen atoms in total. The number of carbonyl (C=O) groups excluding carboxylic acids is 2. The third-order valence-corrected chi connectivity index (χ3v) is 9.93. The number of amides is 2. The predicted molar refractivity (Wildman–Crippen MR) is 149 cm³/mol. The Balaban J connectivity index is 1.03. The van der Waals surface area contributed by atoms with E-state index in [-0.39, 0.29) is 23.4 Å². The highest BCUT2D eigenvalue weighted by atomic mass is 16.2. The monoisotopic (exact) mass is 510 g/mol. The van der Waals surface area contributed by atoms with Gasteiger partial charge in [0, 0.05) is 28.3 Å². The summed E-state index contributed by atoms with van der Waals surface area (Å²) in [6, 6.07) is 13.7. The Labute approximate surface area is 224 Å². The van der Waals surface area contributed by atoms with Crippen molar-refractivity contribution in [2.45, 2.75) is 82.7 Å². The molecule has 38 heavy (non-hydrogen) atoms. The Kier molecular flexibility index (Phi) is 5.82. The molecule has 198 valence electrons. The van der Waals surface area contributed by atoms with Gasteiger partial charge in [-0.1, -0.05) is 19.1 Å². The number of rotatable bonds is 5. The number of hydrogen-bond acceptors (Lipinski definition) is 3. The highest BCUT2D eigenvalue weighted by Crippen LogP contribution is 2.55. The van der Waals surface area contributed by atoms with E-state index in [0.717, 1.165) is 78.2 Å². The van der Waals surface area contributed by atoms with Crippen molar-refractivity contribution in [2.24, 2.45) is 23.7 Å². The summed E-state index contributed by atoms with van der Waals surface area (Å²) in [6.45, 7) is 2.28. The van der Waals surface area contributed by atoms with Crippen LogP contribution in [0.5, 0.6) is 0 Å². The van der Waals surface area contributed by atoms with Gasteiger partial charge >= 0.3 is 0 Å². The van der Waals surface area contributed by atoms with Gasteiger partial charge < -0.3 is 15.6 Å². The SMILES string of the molecule is CC1CCC(NC(=O)c2ccc3[nH]c(-c4ccc(C(=O)NC56CC7CC(CC(C7)C5)C6)cc4)nc3c2)CC1. The summed E-state index contributed by atoms with van der Waals surface area (Å²) in [5, 5.41) is 6.68. The first-order chi connectivity index (χ1) is 18.4. The number of nitrogens with one attached hydrogen (secondary N) is 3. The fourth-order valence-electron chi connectivity index (χ4n) is 8.31. The summed E-state index contributed by atoms with van der Waals surface area (Å²) in [5.41, 5.74) is 3.96. The quantitative estimate of drug-likeness (QED) is 0.380. The number of benzene rings is 2. The van der Waals surface area contributed by atoms with E-state index < -0.39 is 0 Å². The molecule has 3 aromatic rings. The van der Waals surface area contributed by atoms with Crippen molar-refractivity contribution in [3.8, 4) is 11.4 Å². The Morgan fingerprint density at radius 3 is 2.13 bits per heavy atom. The topological polar surface area (TPSA) is 86.9 Å². The lowest BCUT2D eigenvalue weighted by molar-refractivity contribution is -0.0167. The summed E-state index contributed by atoms with van der Waals surface area (Å²) < 4.78 is 0. The van der Waals surface area contributed by atoms with Gasteiger partial charge in [-0.15, -0.1) is 0 Å². The lowest BCUT2D eigenvalue weighted by Gasteiger charge is -2.56. The van der Waals surface area contributed by atoms with E-state index in [1.54, 1.807) is 0 Å². The average molecular weight is 511 g/mol. The number of aromatic nitrogens is 2. The van der Waals surface area contributed by atoms with Gasteiger partial charge in [0.15, 0.2) is 0 Å². The van der Waals surface area contributed by atoms with E-state index in [0.29, 0.717) is 11.1 Å². The number of imidazole rings is 1. The second kappa shape index (κ2) is 9.25. The predicted octanol–water partition coefficient (Wildman–Crippen LogP) is 6.24. The normalized spacial score (nSPS) is 31.9. The number of aromatic amines is 1. The van der Waals surface area contributed by atoms with Gasteiger partial charge in [0.2, 0.25) is 0 Å². The molecule has 5 fully saturated rings. The maximum atomic E-state index is 13.2. The molecule has 0 saturated heterocycles. The average Bonchev–Trinajstić information content (AvgIpc) is 3.32. The summed E-state index contributed by atoms with van der Waals surface area (Å²) >= 11 is 0. The number of nitrogens with zero attached hydrogens (tertiary/aromatic N) is 1. The first-order valence-electron chi connectivity index (χ1n) is 14.6. The Morgan fingerprint density at radius 2 is 1.47 bits per heavy atom. The van der Waals surface area contributed by atoms with Crippen LogP contribution in [0.4, 0.5) is 0 Å². The molecule has 3 N–H and O–H groups in total. The molecule has 1 heterocycles. The largest absolute Gasteiger partial charge is 0.349 e. The highest BCUT2D eigenvalue weighted by Gasteiger charge is 2.51. The van der Waals surface area contributed by atoms with Gasteiger partial charge in [0.05, 0.1) is 11.0 Å². The van der Waals surface area contributed by atoms with Crippen LogP contribution in [-0.2, 0) is 0 Å². The van der Waals surface area contributed by atoms with E-state index >= 15 is 0 Å². The number of hydrogen-bond donors (Lipinski definition) is 3. The lowest BCUT2D eigenvalue weighted by Crippen LogP contribution is -2.59. The molecule has 6 heteroatoms. The smallest absolute Gasteiger partial charge is 0.251 e. The van der Waals surface area contributed by atoms with Crippen molar-refractivity contribution < 1.29 is 9.59 Å². The Bertz CT molecular complexity index is 1330. The van der Waals surface area contributed by atoms with E-state index in [1.807, 2.05) is 42.5 Å². The number of carbonyl (C=O) groups is 2. The zero-order valence-corrected chi connectivity index (χ0v) is 22.3. The molecule has 2 amide bonds. The molecule has 4 bridgehead atoms. The van der Waals surface area contributed by atoms with Gasteiger partial charge in [-0.05, 0) is 118 Å². The van der Waals surface area contributed by atoms with Gasteiger partial charge in [-0.25, -0.2) is 4.98 Å². The van der Waals surface area contributed by atoms with E-state index in [2.05, 4.69) is 22.5 Å². The first kappa shape index (κ1) is 23.9. The van der Waals surface area contributed by atoms with Crippen LogP contribution in [0.1, 0.15) is 91.8 Å². The molecule has 0 unspecified atom stereocenters. The minimum absolute atomic E-state index is 0.0165. The second-order valence-corrected chi connectivity index (χ2v) is 13.0. The molecule has 8 rings (SSSR count). The van der Waals surface area contributed by atoms with Crippen molar-refractivity contribution in [1.29, 1.82) is 0 Å². The van der Waals surface area contributed by atoms with E-state index in [4.69, 9.17) is 4.98 Å². The van der Waals surface area contributed by atoms with Crippen molar-refractivity contribution in [2.75, 3.05) is 0 Å². The van der Waals surface area contributed by atoms with Gasteiger partial charge in [-0.3, -0.25) is 9.59 Å². The van der Waals surface area contributed by atoms with Crippen molar-refractivity contribution in [3.05, 3.63) is 53.6 Å². The number of fused-ring (bicyclic) bond motifs is 1. The minimum Gasteiger partial charge on any atom is -0.349 e. The van der Waals surface area contributed by atoms with Crippen molar-refractivity contribution in [1.82, 2.24) is 20.6 Å².